The molecule has 2 unspecified atom stereocenters. The average Bonchev–Trinajstić information content (AvgIpc) is 3.00. The lowest BCUT2D eigenvalue weighted by Crippen LogP contribution is -2.13. The number of hydrogen-bond donors (Lipinski definition) is 1. The predicted molar refractivity (Wildman–Crippen MR) is 80.5 cm³/mol. The zero-order valence-electron chi connectivity index (χ0n) is 11.3. The van der Waals surface area contributed by atoms with Gasteiger partial charge in [0.15, 0.2) is 0 Å². The second-order valence-electron chi connectivity index (χ2n) is 5.43. The number of fused-ring (bicyclic) bond motifs is 1. The summed E-state index contributed by atoms with van der Waals surface area (Å²) in [6.45, 7) is 2.25. The summed E-state index contributed by atoms with van der Waals surface area (Å²) < 4.78 is 0. The molecule has 0 saturated carbocycles. The van der Waals surface area contributed by atoms with Crippen molar-refractivity contribution in [3.8, 4) is 0 Å². The molecule has 100 valence electrons. The summed E-state index contributed by atoms with van der Waals surface area (Å²) >= 11 is 1.83. The van der Waals surface area contributed by atoms with Crippen LogP contribution in [0.1, 0.15) is 52.9 Å². The molecule has 2 nitrogen and oxygen atoms in total. The summed E-state index contributed by atoms with van der Waals surface area (Å²) in [6.07, 6.45) is 4.58. The highest BCUT2D eigenvalue weighted by molar-refractivity contribution is 7.11. The highest BCUT2D eigenvalue weighted by Gasteiger charge is 2.21. The van der Waals surface area contributed by atoms with Gasteiger partial charge in [-0.05, 0) is 37.2 Å². The van der Waals surface area contributed by atoms with Gasteiger partial charge in [0.05, 0.1) is 11.7 Å². The molecule has 2 atom stereocenters. The molecule has 2 aromatic rings. The highest BCUT2D eigenvalue weighted by Crippen LogP contribution is 2.33. The average molecular weight is 272 g/mol. The lowest BCUT2D eigenvalue weighted by Gasteiger charge is -2.16. The van der Waals surface area contributed by atoms with E-state index in [1.165, 1.54) is 29.0 Å². The molecule has 0 saturated heterocycles. The number of nitrogens with two attached hydrogens (primary N) is 1. The normalized spacial score (nSPS) is 17.2. The molecule has 0 aliphatic heterocycles. The van der Waals surface area contributed by atoms with Crippen LogP contribution >= 0.6 is 11.3 Å². The molecule has 0 spiro atoms. The second kappa shape index (κ2) is 5.43. The standard InChI is InChI=1S/C16H20N2S/c1-11(12-6-3-2-4-7-12)10-13(17)16-18-14-8-5-9-15(14)19-16/h2-4,6-7,11,13H,5,8-10,17H2,1H3. The first-order chi connectivity index (χ1) is 9.24. The Kier molecular flexibility index (Phi) is 3.67. The summed E-state index contributed by atoms with van der Waals surface area (Å²) in [5, 5.41) is 1.13. The zero-order valence-corrected chi connectivity index (χ0v) is 12.1. The number of nitrogens with zero attached hydrogens (tertiary/aromatic N) is 1. The number of thiazole rings is 1. The Morgan fingerprint density at radius 3 is 2.79 bits per heavy atom. The molecular formula is C16H20N2S. The third kappa shape index (κ3) is 2.72. The molecule has 3 rings (SSSR count). The predicted octanol–water partition coefficient (Wildman–Crippen LogP) is 3.83. The molecule has 1 aromatic carbocycles. The first-order valence-electron chi connectivity index (χ1n) is 7.03. The van der Waals surface area contributed by atoms with Crippen molar-refractivity contribution in [3.05, 3.63) is 51.5 Å². The molecule has 2 N–H and O–H groups in total. The van der Waals surface area contributed by atoms with Crippen LogP contribution in [0.4, 0.5) is 0 Å². The molecule has 19 heavy (non-hydrogen) atoms. The van der Waals surface area contributed by atoms with E-state index in [2.05, 4.69) is 37.3 Å². The van der Waals surface area contributed by atoms with Gasteiger partial charge in [-0.25, -0.2) is 4.98 Å². The van der Waals surface area contributed by atoms with Crippen molar-refractivity contribution in [1.29, 1.82) is 0 Å². The molecule has 1 aromatic heterocycles. The third-order valence-corrected chi connectivity index (χ3v) is 5.19. The van der Waals surface area contributed by atoms with Gasteiger partial charge in [-0.3, -0.25) is 0 Å². The van der Waals surface area contributed by atoms with Gasteiger partial charge >= 0.3 is 0 Å². The van der Waals surface area contributed by atoms with Gasteiger partial charge < -0.3 is 5.73 Å². The minimum absolute atomic E-state index is 0.0748. The summed E-state index contributed by atoms with van der Waals surface area (Å²) in [5.41, 5.74) is 9.01. The Bertz CT molecular complexity index is 526. The maximum atomic E-state index is 6.34. The Labute approximate surface area is 118 Å². The van der Waals surface area contributed by atoms with Crippen LogP contribution < -0.4 is 5.73 Å². The molecule has 0 amide bonds. The number of aromatic nitrogens is 1. The quantitative estimate of drug-likeness (QED) is 0.918. The monoisotopic (exact) mass is 272 g/mol. The van der Waals surface area contributed by atoms with Crippen molar-refractivity contribution < 1.29 is 0 Å². The van der Waals surface area contributed by atoms with Crippen LogP contribution in [-0.4, -0.2) is 4.98 Å². The fourth-order valence-electron chi connectivity index (χ4n) is 2.77. The number of hydrogen-bond acceptors (Lipinski definition) is 3. The topological polar surface area (TPSA) is 38.9 Å². The number of rotatable bonds is 4. The SMILES string of the molecule is CC(CC(N)c1nc2c(s1)CCC2)c1ccccc1. The van der Waals surface area contributed by atoms with E-state index in [0.29, 0.717) is 5.92 Å². The molecule has 1 aliphatic carbocycles. The maximum Gasteiger partial charge on any atom is 0.110 e. The molecule has 0 radical (unpaired) electrons. The third-order valence-electron chi connectivity index (χ3n) is 3.91. The fraction of sp³-hybridized carbons (Fsp3) is 0.438. The van der Waals surface area contributed by atoms with Gasteiger partial charge in [0.25, 0.3) is 0 Å². The second-order valence-corrected chi connectivity index (χ2v) is 6.54. The Morgan fingerprint density at radius 1 is 1.26 bits per heavy atom. The molecule has 3 heteroatoms. The lowest BCUT2D eigenvalue weighted by molar-refractivity contribution is 0.570. The van der Waals surface area contributed by atoms with Crippen molar-refractivity contribution in [2.45, 2.75) is 44.6 Å². The van der Waals surface area contributed by atoms with Crippen LogP contribution in [0.3, 0.4) is 0 Å². The largest absolute Gasteiger partial charge is 0.322 e. The van der Waals surface area contributed by atoms with Gasteiger partial charge in [0, 0.05) is 4.88 Å². The summed E-state index contributed by atoms with van der Waals surface area (Å²) in [5.74, 6) is 0.481. The Hall–Kier alpha value is -1.19. The van der Waals surface area contributed by atoms with Crippen LogP contribution in [0.5, 0.6) is 0 Å². The molecule has 0 fully saturated rings. The van der Waals surface area contributed by atoms with Crippen molar-refractivity contribution in [2.75, 3.05) is 0 Å². The van der Waals surface area contributed by atoms with Crippen LogP contribution in [0.2, 0.25) is 0 Å². The van der Waals surface area contributed by atoms with Crippen molar-refractivity contribution >= 4 is 11.3 Å². The van der Waals surface area contributed by atoms with Gasteiger partial charge in [-0.15, -0.1) is 11.3 Å². The highest BCUT2D eigenvalue weighted by atomic mass is 32.1. The van der Waals surface area contributed by atoms with E-state index in [4.69, 9.17) is 10.7 Å². The zero-order chi connectivity index (χ0) is 13.2. The van der Waals surface area contributed by atoms with Crippen molar-refractivity contribution in [3.63, 3.8) is 0 Å². The molecule has 0 bridgehead atoms. The Morgan fingerprint density at radius 2 is 2.05 bits per heavy atom. The minimum atomic E-state index is 0.0748. The van der Waals surface area contributed by atoms with E-state index < -0.39 is 0 Å². The first-order valence-corrected chi connectivity index (χ1v) is 7.84. The molecular weight excluding hydrogens is 252 g/mol. The lowest BCUT2D eigenvalue weighted by atomic mass is 9.94. The van der Waals surface area contributed by atoms with Gasteiger partial charge in [-0.2, -0.15) is 0 Å². The van der Waals surface area contributed by atoms with E-state index in [0.717, 1.165) is 17.8 Å². The van der Waals surface area contributed by atoms with Gasteiger partial charge in [-0.1, -0.05) is 37.3 Å². The van der Waals surface area contributed by atoms with E-state index in [9.17, 15) is 0 Å². The number of benzene rings is 1. The summed E-state index contributed by atoms with van der Waals surface area (Å²) in [4.78, 5) is 6.20. The van der Waals surface area contributed by atoms with Crippen LogP contribution in [-0.2, 0) is 12.8 Å². The van der Waals surface area contributed by atoms with E-state index in [1.54, 1.807) is 0 Å². The van der Waals surface area contributed by atoms with Crippen LogP contribution in [0, 0.1) is 0 Å². The summed E-state index contributed by atoms with van der Waals surface area (Å²) in [6, 6.07) is 10.7. The van der Waals surface area contributed by atoms with Crippen LogP contribution in [0.25, 0.3) is 0 Å². The molecule has 1 aliphatic rings. The van der Waals surface area contributed by atoms with Gasteiger partial charge in [0.1, 0.15) is 5.01 Å². The first kappa shape index (κ1) is 12.8. The summed E-state index contributed by atoms with van der Waals surface area (Å²) in [7, 11) is 0. The smallest absolute Gasteiger partial charge is 0.110 e. The van der Waals surface area contributed by atoms with Gasteiger partial charge in [0.2, 0.25) is 0 Å². The van der Waals surface area contributed by atoms with Crippen molar-refractivity contribution in [1.82, 2.24) is 4.98 Å². The van der Waals surface area contributed by atoms with E-state index in [-0.39, 0.29) is 6.04 Å². The van der Waals surface area contributed by atoms with Crippen molar-refractivity contribution in [2.24, 2.45) is 5.73 Å². The molecule has 1 heterocycles. The van der Waals surface area contributed by atoms with E-state index >= 15 is 0 Å². The number of aryl methyl sites for hydroxylation is 2. The Balaban J connectivity index is 1.69. The maximum absolute atomic E-state index is 6.34. The van der Waals surface area contributed by atoms with E-state index in [1.807, 2.05) is 11.3 Å². The van der Waals surface area contributed by atoms with Crippen LogP contribution in [0.15, 0.2) is 30.3 Å². The fourth-order valence-corrected chi connectivity index (χ4v) is 3.94. The minimum Gasteiger partial charge on any atom is -0.322 e.